The van der Waals surface area contributed by atoms with Crippen molar-refractivity contribution in [3.05, 3.63) is 28.7 Å². The van der Waals surface area contributed by atoms with Gasteiger partial charge < -0.3 is 10.2 Å². The first-order valence-electron chi connectivity index (χ1n) is 5.39. The molecule has 0 aromatic heterocycles. The fraction of sp³-hybridized carbons (Fsp3) is 0.333. The molecular formula is C12H14BrClN2O2. The molecule has 0 spiro atoms. The van der Waals surface area contributed by atoms with Crippen molar-refractivity contribution in [2.24, 2.45) is 0 Å². The SMILES string of the molecule is CN(C(=O)CCNC(=O)CCl)c1ccc(Br)cc1. The van der Waals surface area contributed by atoms with Crippen LogP contribution in [-0.4, -0.2) is 31.3 Å². The van der Waals surface area contributed by atoms with Crippen molar-refractivity contribution < 1.29 is 9.59 Å². The Hall–Kier alpha value is -1.07. The second-order valence-corrected chi connectivity index (χ2v) is 4.85. The number of carbonyl (C=O) groups is 2. The van der Waals surface area contributed by atoms with Crippen LogP contribution in [0, 0.1) is 0 Å². The molecule has 0 aliphatic heterocycles. The molecule has 0 fully saturated rings. The largest absolute Gasteiger partial charge is 0.355 e. The molecule has 0 saturated carbocycles. The van der Waals surface area contributed by atoms with Crippen LogP contribution in [0.4, 0.5) is 5.69 Å². The number of anilines is 1. The molecule has 0 aliphatic rings. The minimum atomic E-state index is -0.268. The average molecular weight is 334 g/mol. The summed E-state index contributed by atoms with van der Waals surface area (Å²) in [7, 11) is 1.70. The van der Waals surface area contributed by atoms with Gasteiger partial charge in [-0.3, -0.25) is 9.59 Å². The first-order chi connectivity index (χ1) is 8.54. The summed E-state index contributed by atoms with van der Waals surface area (Å²) in [6.45, 7) is 0.297. The minimum absolute atomic E-state index is 0.0628. The number of nitrogens with zero attached hydrogens (tertiary/aromatic N) is 1. The Bertz CT molecular complexity index is 423. The van der Waals surface area contributed by atoms with Gasteiger partial charge in [-0.15, -0.1) is 11.6 Å². The second kappa shape index (κ2) is 7.38. The zero-order chi connectivity index (χ0) is 13.5. The molecule has 0 aliphatic carbocycles. The van der Waals surface area contributed by atoms with E-state index in [9.17, 15) is 9.59 Å². The van der Waals surface area contributed by atoms with Crippen LogP contribution < -0.4 is 10.2 Å². The van der Waals surface area contributed by atoms with Crippen LogP contribution >= 0.6 is 27.5 Å². The molecule has 0 unspecified atom stereocenters. The van der Waals surface area contributed by atoms with Crippen LogP contribution in [-0.2, 0) is 9.59 Å². The van der Waals surface area contributed by atoms with Crippen molar-refractivity contribution in [1.29, 1.82) is 0 Å². The predicted octanol–water partition coefficient (Wildman–Crippen LogP) is 2.16. The van der Waals surface area contributed by atoms with E-state index in [1.54, 1.807) is 11.9 Å². The molecule has 1 aromatic rings. The first kappa shape index (κ1) is 15.0. The van der Waals surface area contributed by atoms with E-state index >= 15 is 0 Å². The highest BCUT2D eigenvalue weighted by Crippen LogP contribution is 2.17. The third kappa shape index (κ3) is 4.66. The molecular weight excluding hydrogens is 320 g/mol. The van der Waals surface area contributed by atoms with Gasteiger partial charge in [-0.05, 0) is 24.3 Å². The summed E-state index contributed by atoms with van der Waals surface area (Å²) >= 11 is 8.66. The maximum Gasteiger partial charge on any atom is 0.234 e. The van der Waals surface area contributed by atoms with Crippen molar-refractivity contribution in [3.63, 3.8) is 0 Å². The van der Waals surface area contributed by atoms with Gasteiger partial charge in [0.2, 0.25) is 11.8 Å². The number of alkyl halides is 1. The van der Waals surface area contributed by atoms with Crippen LogP contribution in [0.5, 0.6) is 0 Å². The van der Waals surface area contributed by atoms with E-state index < -0.39 is 0 Å². The number of benzene rings is 1. The van der Waals surface area contributed by atoms with E-state index in [2.05, 4.69) is 21.2 Å². The van der Waals surface area contributed by atoms with Gasteiger partial charge in [0.15, 0.2) is 0 Å². The molecule has 2 amide bonds. The van der Waals surface area contributed by atoms with E-state index in [0.717, 1.165) is 10.2 Å². The molecule has 0 atom stereocenters. The topological polar surface area (TPSA) is 49.4 Å². The van der Waals surface area contributed by atoms with Gasteiger partial charge in [-0.2, -0.15) is 0 Å². The highest BCUT2D eigenvalue weighted by molar-refractivity contribution is 9.10. The van der Waals surface area contributed by atoms with Gasteiger partial charge in [-0.25, -0.2) is 0 Å². The van der Waals surface area contributed by atoms with Gasteiger partial charge in [0.05, 0.1) is 0 Å². The number of hydrogen-bond acceptors (Lipinski definition) is 2. The lowest BCUT2D eigenvalue weighted by Gasteiger charge is -2.17. The summed E-state index contributed by atoms with van der Waals surface area (Å²) in [6, 6.07) is 7.43. The van der Waals surface area contributed by atoms with E-state index in [0.29, 0.717) is 6.54 Å². The van der Waals surface area contributed by atoms with E-state index in [1.165, 1.54) is 0 Å². The zero-order valence-electron chi connectivity index (χ0n) is 9.95. The first-order valence-corrected chi connectivity index (χ1v) is 6.72. The third-order valence-electron chi connectivity index (χ3n) is 2.37. The smallest absolute Gasteiger partial charge is 0.234 e. The molecule has 18 heavy (non-hydrogen) atoms. The molecule has 0 radical (unpaired) electrons. The predicted molar refractivity (Wildman–Crippen MR) is 75.9 cm³/mol. The van der Waals surface area contributed by atoms with Crippen LogP contribution in [0.3, 0.4) is 0 Å². The molecule has 1 N–H and O–H groups in total. The highest BCUT2D eigenvalue weighted by atomic mass is 79.9. The van der Waals surface area contributed by atoms with Gasteiger partial charge >= 0.3 is 0 Å². The summed E-state index contributed by atoms with van der Waals surface area (Å²) in [6.07, 6.45) is 0.245. The summed E-state index contributed by atoms with van der Waals surface area (Å²) in [5.74, 6) is -0.417. The number of hydrogen-bond donors (Lipinski definition) is 1. The molecule has 4 nitrogen and oxygen atoms in total. The fourth-order valence-electron chi connectivity index (χ4n) is 1.33. The van der Waals surface area contributed by atoms with Gasteiger partial charge in [0.25, 0.3) is 0 Å². The number of rotatable bonds is 5. The van der Waals surface area contributed by atoms with Crippen LogP contribution in [0.1, 0.15) is 6.42 Å². The van der Waals surface area contributed by atoms with Crippen molar-refractivity contribution in [2.75, 3.05) is 24.4 Å². The molecule has 0 bridgehead atoms. The number of amides is 2. The number of halogens is 2. The van der Waals surface area contributed by atoms with E-state index in [4.69, 9.17) is 11.6 Å². The molecule has 1 rings (SSSR count). The summed E-state index contributed by atoms with van der Waals surface area (Å²) in [5, 5.41) is 2.55. The quantitative estimate of drug-likeness (QED) is 0.840. The Kier molecular flexibility index (Phi) is 6.15. The number of nitrogens with one attached hydrogen (secondary N) is 1. The van der Waals surface area contributed by atoms with Gasteiger partial charge in [0, 0.05) is 30.2 Å². The zero-order valence-corrected chi connectivity index (χ0v) is 12.3. The highest BCUT2D eigenvalue weighted by Gasteiger charge is 2.10. The van der Waals surface area contributed by atoms with Crippen LogP contribution in [0.15, 0.2) is 28.7 Å². The molecule has 6 heteroatoms. The van der Waals surface area contributed by atoms with Crippen molar-refractivity contribution >= 4 is 45.0 Å². The maximum atomic E-state index is 11.8. The molecule has 1 aromatic carbocycles. The third-order valence-corrected chi connectivity index (χ3v) is 3.14. The lowest BCUT2D eigenvalue weighted by atomic mass is 10.2. The lowest BCUT2D eigenvalue weighted by molar-refractivity contribution is -0.119. The minimum Gasteiger partial charge on any atom is -0.355 e. The lowest BCUT2D eigenvalue weighted by Crippen LogP contribution is -2.32. The Labute approximate surface area is 119 Å². The second-order valence-electron chi connectivity index (χ2n) is 3.66. The summed E-state index contributed by atoms with van der Waals surface area (Å²) in [5.41, 5.74) is 0.812. The standard InChI is InChI=1S/C12H14BrClN2O2/c1-16(10-4-2-9(13)3-5-10)12(18)6-7-15-11(17)8-14/h2-5H,6-8H2,1H3,(H,15,17). The molecule has 0 heterocycles. The summed E-state index contributed by atoms with van der Waals surface area (Å²) < 4.78 is 0.960. The Morgan fingerprint density at radius 1 is 1.33 bits per heavy atom. The van der Waals surface area contributed by atoms with Gasteiger partial charge in [0.1, 0.15) is 5.88 Å². The van der Waals surface area contributed by atoms with Crippen LogP contribution in [0.2, 0.25) is 0 Å². The summed E-state index contributed by atoms with van der Waals surface area (Å²) in [4.78, 5) is 24.3. The average Bonchev–Trinajstić information content (AvgIpc) is 2.38. The molecule has 0 saturated heterocycles. The van der Waals surface area contributed by atoms with E-state index in [-0.39, 0.29) is 24.1 Å². The number of carbonyl (C=O) groups excluding carboxylic acids is 2. The molecule has 98 valence electrons. The fourth-order valence-corrected chi connectivity index (χ4v) is 1.69. The van der Waals surface area contributed by atoms with Crippen LogP contribution in [0.25, 0.3) is 0 Å². The Morgan fingerprint density at radius 2 is 1.94 bits per heavy atom. The van der Waals surface area contributed by atoms with Crippen molar-refractivity contribution in [1.82, 2.24) is 5.32 Å². The van der Waals surface area contributed by atoms with Gasteiger partial charge in [-0.1, -0.05) is 15.9 Å². The Balaban J connectivity index is 2.46. The van der Waals surface area contributed by atoms with Crippen molar-refractivity contribution in [2.45, 2.75) is 6.42 Å². The normalized spacial score (nSPS) is 9.94. The van der Waals surface area contributed by atoms with E-state index in [1.807, 2.05) is 24.3 Å². The maximum absolute atomic E-state index is 11.8. The monoisotopic (exact) mass is 332 g/mol. The Morgan fingerprint density at radius 3 is 2.50 bits per heavy atom. The van der Waals surface area contributed by atoms with Crippen molar-refractivity contribution in [3.8, 4) is 0 Å².